The third kappa shape index (κ3) is 4.23. The average Bonchev–Trinajstić information content (AvgIpc) is 3.93. The molecule has 0 saturated heterocycles. The van der Waals surface area contributed by atoms with E-state index in [2.05, 4.69) is 162 Å². The summed E-state index contributed by atoms with van der Waals surface area (Å²) in [6.45, 7) is 0. The number of thiophene rings is 2. The van der Waals surface area contributed by atoms with Gasteiger partial charge in [0.2, 0.25) is 0 Å². The summed E-state index contributed by atoms with van der Waals surface area (Å²) in [6, 6.07) is 57.2. The second kappa shape index (κ2) is 10.9. The first-order valence-corrected chi connectivity index (χ1v) is 20.1. The predicted octanol–water partition coefficient (Wildman–Crippen LogP) is 14.0. The van der Waals surface area contributed by atoms with Crippen LogP contribution in [0.15, 0.2) is 158 Å². The van der Waals surface area contributed by atoms with Crippen molar-refractivity contribution < 1.29 is 0 Å². The summed E-state index contributed by atoms with van der Waals surface area (Å²) in [5.41, 5.74) is 10.5. The van der Waals surface area contributed by atoms with Gasteiger partial charge in [0.1, 0.15) is 10.3 Å². The van der Waals surface area contributed by atoms with Crippen molar-refractivity contribution in [3.05, 3.63) is 158 Å². The molecule has 0 spiro atoms. The van der Waals surface area contributed by atoms with Gasteiger partial charge in [-0.2, -0.15) is 0 Å². The molecule has 13 aromatic rings. The van der Waals surface area contributed by atoms with Gasteiger partial charge < -0.3 is 0 Å². The number of hydrogen-bond acceptors (Lipinski definition) is 5. The van der Waals surface area contributed by atoms with Crippen LogP contribution in [0.4, 0.5) is 0 Å². The molecule has 0 amide bonds. The van der Waals surface area contributed by atoms with Crippen LogP contribution in [0.1, 0.15) is 0 Å². The molecule has 4 nitrogen and oxygen atoms in total. The molecule has 0 fully saturated rings. The lowest BCUT2D eigenvalue weighted by Crippen LogP contribution is -1.93. The minimum absolute atomic E-state index is 0.909. The first-order chi connectivity index (χ1) is 27.2. The fraction of sp³-hybridized carbons (Fsp3) is 0. The summed E-state index contributed by atoms with van der Waals surface area (Å²) >= 11 is 3.54. The Morgan fingerprint density at radius 3 is 2.05 bits per heavy atom. The normalized spacial score (nSPS) is 12.4. The Hall–Kier alpha value is -6.73. The van der Waals surface area contributed by atoms with Gasteiger partial charge in [0.25, 0.3) is 0 Å². The molecule has 0 aliphatic carbocycles. The lowest BCUT2D eigenvalue weighted by atomic mass is 10.00. The van der Waals surface area contributed by atoms with E-state index in [4.69, 9.17) is 15.0 Å². The first-order valence-electron chi connectivity index (χ1n) is 18.4. The maximum Gasteiger partial charge on any atom is 0.156 e. The quantitative estimate of drug-likeness (QED) is 0.166. The van der Waals surface area contributed by atoms with Gasteiger partial charge in [-0.1, -0.05) is 109 Å². The standard InChI is InChI=1S/C49H26N4S2/c1-2-9-31-24-36-33(23-30(31)8-1)18-21-40-45(36)52-48-47-37(44-34-10-4-3-7-28(34)19-22-43(44)54-47)26-41(53(40)48)29-15-13-27(14-16-29)32-17-20-38-39(25-32)50-46-35-11-5-6-12-42(35)55-49(46)51-38/h1-26H. The van der Waals surface area contributed by atoms with Crippen LogP contribution in [-0.4, -0.2) is 19.4 Å². The Balaban J connectivity index is 1.04. The molecule has 5 heterocycles. The Labute approximate surface area is 321 Å². The number of imidazole rings is 1. The highest BCUT2D eigenvalue weighted by molar-refractivity contribution is 7.26. The molecule has 0 radical (unpaired) electrons. The zero-order chi connectivity index (χ0) is 35.8. The molecular weight excluding hydrogens is 709 g/mol. The number of pyridine rings is 1. The van der Waals surface area contributed by atoms with Crippen LogP contribution in [0.25, 0.3) is 123 Å². The molecule has 0 unspecified atom stereocenters. The highest BCUT2D eigenvalue weighted by Crippen LogP contribution is 2.44. The average molecular weight is 735 g/mol. The molecule has 0 aliphatic heterocycles. The summed E-state index contributed by atoms with van der Waals surface area (Å²) in [5.74, 6) is 0. The third-order valence-corrected chi connectivity index (χ3v) is 13.6. The molecule has 254 valence electrons. The Bertz CT molecular complexity index is 3780. The molecular formula is C49H26N4S2. The number of aromatic nitrogens is 4. The van der Waals surface area contributed by atoms with Crippen LogP contribution in [-0.2, 0) is 0 Å². The zero-order valence-electron chi connectivity index (χ0n) is 29.1. The van der Waals surface area contributed by atoms with Crippen molar-refractivity contribution in [3.63, 3.8) is 0 Å². The van der Waals surface area contributed by atoms with E-state index in [1.54, 1.807) is 11.3 Å². The Morgan fingerprint density at radius 2 is 1.16 bits per heavy atom. The van der Waals surface area contributed by atoms with Crippen molar-refractivity contribution in [2.24, 2.45) is 0 Å². The Morgan fingerprint density at radius 1 is 0.418 bits per heavy atom. The Kier molecular flexibility index (Phi) is 5.90. The minimum atomic E-state index is 0.909. The predicted molar refractivity (Wildman–Crippen MR) is 235 cm³/mol. The fourth-order valence-electron chi connectivity index (χ4n) is 8.71. The van der Waals surface area contributed by atoms with E-state index in [0.29, 0.717) is 0 Å². The van der Waals surface area contributed by atoms with Crippen LogP contribution < -0.4 is 0 Å². The minimum Gasteiger partial charge on any atom is -0.291 e. The van der Waals surface area contributed by atoms with Gasteiger partial charge in [0, 0.05) is 30.9 Å². The number of hydrogen-bond donors (Lipinski definition) is 0. The van der Waals surface area contributed by atoms with Crippen LogP contribution in [0.5, 0.6) is 0 Å². The van der Waals surface area contributed by atoms with Gasteiger partial charge in [0.05, 0.1) is 32.5 Å². The van der Waals surface area contributed by atoms with Gasteiger partial charge in [-0.3, -0.25) is 4.40 Å². The summed E-state index contributed by atoms with van der Waals surface area (Å²) < 4.78 is 6.09. The van der Waals surface area contributed by atoms with Crippen LogP contribution >= 0.6 is 22.7 Å². The molecule has 6 heteroatoms. The van der Waals surface area contributed by atoms with Gasteiger partial charge >= 0.3 is 0 Å². The lowest BCUT2D eigenvalue weighted by molar-refractivity contribution is 1.25. The number of rotatable bonds is 2. The number of benzene rings is 8. The maximum atomic E-state index is 5.53. The van der Waals surface area contributed by atoms with Crippen LogP contribution in [0, 0.1) is 0 Å². The van der Waals surface area contributed by atoms with Crippen LogP contribution in [0.2, 0.25) is 0 Å². The van der Waals surface area contributed by atoms with E-state index in [-0.39, 0.29) is 0 Å². The summed E-state index contributed by atoms with van der Waals surface area (Å²) in [7, 11) is 0. The van der Waals surface area contributed by atoms with Crippen molar-refractivity contribution in [1.29, 1.82) is 0 Å². The zero-order valence-corrected chi connectivity index (χ0v) is 30.7. The second-order valence-corrected chi connectivity index (χ2v) is 16.5. The molecule has 13 rings (SSSR count). The van der Waals surface area contributed by atoms with Gasteiger partial charge in [-0.15, -0.1) is 22.7 Å². The molecule has 55 heavy (non-hydrogen) atoms. The molecule has 8 aromatic carbocycles. The number of fused-ring (bicyclic) bond motifs is 16. The smallest absolute Gasteiger partial charge is 0.156 e. The van der Waals surface area contributed by atoms with E-state index in [9.17, 15) is 0 Å². The molecule has 0 bridgehead atoms. The molecule has 0 aliphatic rings. The van der Waals surface area contributed by atoms with Gasteiger partial charge in [-0.25, -0.2) is 15.0 Å². The van der Waals surface area contributed by atoms with E-state index >= 15 is 0 Å². The molecule has 5 aromatic heterocycles. The summed E-state index contributed by atoms with van der Waals surface area (Å²) in [6.07, 6.45) is 0. The fourth-order valence-corrected chi connectivity index (χ4v) is 10.9. The topological polar surface area (TPSA) is 43.1 Å². The first kappa shape index (κ1) is 29.7. The molecule has 0 atom stereocenters. The summed E-state index contributed by atoms with van der Waals surface area (Å²) in [5, 5.41) is 11.1. The monoisotopic (exact) mass is 734 g/mol. The van der Waals surface area contributed by atoms with Crippen molar-refractivity contribution in [1.82, 2.24) is 19.4 Å². The lowest BCUT2D eigenvalue weighted by Gasteiger charge is -2.11. The van der Waals surface area contributed by atoms with E-state index < -0.39 is 0 Å². The molecule has 0 saturated carbocycles. The van der Waals surface area contributed by atoms with Gasteiger partial charge in [-0.05, 0) is 92.2 Å². The third-order valence-electron chi connectivity index (χ3n) is 11.3. The van der Waals surface area contributed by atoms with E-state index in [1.165, 1.54) is 57.2 Å². The largest absolute Gasteiger partial charge is 0.291 e. The van der Waals surface area contributed by atoms with Crippen molar-refractivity contribution in [2.45, 2.75) is 0 Å². The van der Waals surface area contributed by atoms with Gasteiger partial charge in [0.15, 0.2) is 5.65 Å². The van der Waals surface area contributed by atoms with Crippen molar-refractivity contribution in [2.75, 3.05) is 0 Å². The number of nitrogens with zero attached hydrogens (tertiary/aromatic N) is 4. The summed E-state index contributed by atoms with van der Waals surface area (Å²) in [4.78, 5) is 16.6. The second-order valence-electron chi connectivity index (χ2n) is 14.4. The van der Waals surface area contributed by atoms with Crippen molar-refractivity contribution >= 4 is 123 Å². The van der Waals surface area contributed by atoms with Crippen molar-refractivity contribution in [3.8, 4) is 22.4 Å². The van der Waals surface area contributed by atoms with E-state index in [0.717, 1.165) is 65.8 Å². The van der Waals surface area contributed by atoms with Crippen LogP contribution in [0.3, 0.4) is 0 Å². The van der Waals surface area contributed by atoms with E-state index in [1.807, 2.05) is 11.3 Å². The highest BCUT2D eigenvalue weighted by atomic mass is 32.1. The maximum absolute atomic E-state index is 5.53. The highest BCUT2D eigenvalue weighted by Gasteiger charge is 2.20. The molecule has 0 N–H and O–H groups in total. The SMILES string of the molecule is c1ccc2cc3c(ccc4c3nc3c5sc6ccc7ccccc7c6c5cc(-c5ccc(-c6ccc7nc8sc9ccccc9c8nc7c6)cc5)n43)cc2c1.